The molecule has 0 bridgehead atoms. The van der Waals surface area contributed by atoms with E-state index in [2.05, 4.69) is 10.6 Å². The molecular weight excluding hydrogens is 321 g/mol. The maximum atomic E-state index is 11.9. The standard InChI is InChI=1S/C13H12Cl3N3O/c14-4-1-5-18-8-9(7-17)13(20)19-12-3-2-10(15)6-11(12)16/h2-3,6,8,18H,1,4-5H2,(H,19,20)/b9-8-. The van der Waals surface area contributed by atoms with Gasteiger partial charge in [-0.1, -0.05) is 23.2 Å². The molecule has 0 aliphatic carbocycles. The van der Waals surface area contributed by atoms with Gasteiger partial charge in [0, 0.05) is 23.6 Å². The Labute approximate surface area is 132 Å². The molecule has 0 aliphatic heterocycles. The zero-order valence-corrected chi connectivity index (χ0v) is 12.7. The van der Waals surface area contributed by atoms with Gasteiger partial charge in [-0.25, -0.2) is 0 Å². The Balaban J connectivity index is 2.70. The van der Waals surface area contributed by atoms with Crippen LogP contribution in [0.1, 0.15) is 6.42 Å². The van der Waals surface area contributed by atoms with Crippen LogP contribution in [0.5, 0.6) is 0 Å². The lowest BCUT2D eigenvalue weighted by Gasteiger charge is -2.07. The number of nitrogens with zero attached hydrogens (tertiary/aromatic N) is 1. The number of anilines is 1. The third kappa shape index (κ3) is 5.30. The van der Waals surface area contributed by atoms with E-state index in [1.54, 1.807) is 12.1 Å². The van der Waals surface area contributed by atoms with Crippen LogP contribution >= 0.6 is 34.8 Å². The van der Waals surface area contributed by atoms with Gasteiger partial charge in [0.1, 0.15) is 11.6 Å². The SMILES string of the molecule is N#C/C(=C/NCCCCl)C(=O)Nc1ccc(Cl)cc1Cl. The fourth-order valence-electron chi connectivity index (χ4n) is 1.27. The van der Waals surface area contributed by atoms with Gasteiger partial charge in [-0.3, -0.25) is 4.79 Å². The zero-order valence-electron chi connectivity index (χ0n) is 10.4. The highest BCUT2D eigenvalue weighted by atomic mass is 35.5. The number of halogens is 3. The van der Waals surface area contributed by atoms with Crippen LogP contribution in [0, 0.1) is 11.3 Å². The van der Waals surface area contributed by atoms with E-state index < -0.39 is 5.91 Å². The van der Waals surface area contributed by atoms with Crippen molar-refractivity contribution >= 4 is 46.4 Å². The number of alkyl halides is 1. The Kier molecular flexibility index (Phi) is 7.24. The molecule has 0 heterocycles. The Bertz CT molecular complexity index is 552. The number of rotatable bonds is 6. The van der Waals surface area contributed by atoms with Crippen molar-refractivity contribution in [3.8, 4) is 6.07 Å². The first-order chi connectivity index (χ1) is 9.58. The van der Waals surface area contributed by atoms with Crippen LogP contribution < -0.4 is 10.6 Å². The molecule has 2 N–H and O–H groups in total. The van der Waals surface area contributed by atoms with Crippen molar-refractivity contribution in [1.82, 2.24) is 5.32 Å². The molecule has 1 aromatic rings. The summed E-state index contributed by atoms with van der Waals surface area (Å²) in [5.41, 5.74) is 0.341. The maximum absolute atomic E-state index is 11.9. The summed E-state index contributed by atoms with van der Waals surface area (Å²) in [5, 5.41) is 15.1. The van der Waals surface area contributed by atoms with Crippen molar-refractivity contribution in [2.75, 3.05) is 17.7 Å². The second kappa shape index (κ2) is 8.70. The van der Waals surface area contributed by atoms with E-state index >= 15 is 0 Å². The third-order valence-electron chi connectivity index (χ3n) is 2.25. The number of hydrogen-bond donors (Lipinski definition) is 2. The largest absolute Gasteiger partial charge is 0.390 e. The summed E-state index contributed by atoms with van der Waals surface area (Å²) in [6, 6.07) is 6.48. The van der Waals surface area contributed by atoms with Gasteiger partial charge in [-0.05, 0) is 24.6 Å². The Morgan fingerprint density at radius 2 is 2.15 bits per heavy atom. The number of nitriles is 1. The van der Waals surface area contributed by atoms with Crippen LogP contribution in [0.4, 0.5) is 5.69 Å². The van der Waals surface area contributed by atoms with Gasteiger partial charge in [0.05, 0.1) is 10.7 Å². The molecule has 0 spiro atoms. The maximum Gasteiger partial charge on any atom is 0.267 e. The van der Waals surface area contributed by atoms with Crippen molar-refractivity contribution in [3.05, 3.63) is 40.0 Å². The van der Waals surface area contributed by atoms with Gasteiger partial charge in [-0.2, -0.15) is 5.26 Å². The summed E-state index contributed by atoms with van der Waals surface area (Å²) < 4.78 is 0. The highest BCUT2D eigenvalue weighted by Crippen LogP contribution is 2.25. The summed E-state index contributed by atoms with van der Waals surface area (Å²) in [4.78, 5) is 11.9. The predicted octanol–water partition coefficient (Wildman–Crippen LogP) is 3.56. The normalized spacial score (nSPS) is 10.8. The molecular formula is C13H12Cl3N3O. The van der Waals surface area contributed by atoms with Crippen LogP contribution in [0.15, 0.2) is 30.0 Å². The second-order valence-electron chi connectivity index (χ2n) is 3.74. The smallest absolute Gasteiger partial charge is 0.267 e. The van der Waals surface area contributed by atoms with E-state index in [4.69, 9.17) is 40.1 Å². The fourth-order valence-corrected chi connectivity index (χ4v) is 1.86. The third-order valence-corrected chi connectivity index (χ3v) is 3.06. The van der Waals surface area contributed by atoms with E-state index in [1.165, 1.54) is 12.3 Å². The minimum absolute atomic E-state index is 0.0504. The van der Waals surface area contributed by atoms with Gasteiger partial charge in [0.25, 0.3) is 5.91 Å². The monoisotopic (exact) mass is 331 g/mol. The van der Waals surface area contributed by atoms with Gasteiger partial charge in [0.2, 0.25) is 0 Å². The molecule has 0 aliphatic rings. The molecule has 106 valence electrons. The summed E-state index contributed by atoms with van der Waals surface area (Å²) >= 11 is 17.2. The molecule has 20 heavy (non-hydrogen) atoms. The lowest BCUT2D eigenvalue weighted by Crippen LogP contribution is -2.17. The van der Waals surface area contributed by atoms with E-state index in [9.17, 15) is 4.79 Å². The molecule has 0 aromatic heterocycles. The van der Waals surface area contributed by atoms with Crippen molar-refractivity contribution < 1.29 is 4.79 Å². The molecule has 0 saturated heterocycles. The number of carbonyl (C=O) groups is 1. The number of nitrogens with one attached hydrogen (secondary N) is 2. The molecule has 0 fully saturated rings. The summed E-state index contributed by atoms with van der Waals surface area (Å²) in [6.07, 6.45) is 2.09. The number of benzene rings is 1. The number of carbonyl (C=O) groups excluding carboxylic acids is 1. The topological polar surface area (TPSA) is 64.9 Å². The van der Waals surface area contributed by atoms with Crippen LogP contribution in [0.3, 0.4) is 0 Å². The number of hydrogen-bond acceptors (Lipinski definition) is 3. The summed E-state index contributed by atoms with van der Waals surface area (Å²) in [6.45, 7) is 0.587. The van der Waals surface area contributed by atoms with Crippen molar-refractivity contribution in [2.45, 2.75) is 6.42 Å². The van der Waals surface area contributed by atoms with Gasteiger partial charge >= 0.3 is 0 Å². The lowest BCUT2D eigenvalue weighted by molar-refractivity contribution is -0.112. The first-order valence-corrected chi connectivity index (χ1v) is 7.03. The predicted molar refractivity (Wildman–Crippen MR) is 82.1 cm³/mol. The quantitative estimate of drug-likeness (QED) is 0.362. The van der Waals surface area contributed by atoms with Gasteiger partial charge < -0.3 is 10.6 Å². The first-order valence-electron chi connectivity index (χ1n) is 5.74. The minimum atomic E-state index is -0.546. The van der Waals surface area contributed by atoms with Crippen LogP contribution in [0.2, 0.25) is 10.0 Å². The summed E-state index contributed by atoms with van der Waals surface area (Å²) in [7, 11) is 0. The number of amides is 1. The molecule has 0 radical (unpaired) electrons. The molecule has 1 rings (SSSR count). The molecule has 0 saturated carbocycles. The van der Waals surface area contributed by atoms with Crippen molar-refractivity contribution in [3.63, 3.8) is 0 Å². The molecule has 1 aromatic carbocycles. The Morgan fingerprint density at radius 1 is 1.40 bits per heavy atom. The van der Waals surface area contributed by atoms with Crippen LogP contribution in [-0.4, -0.2) is 18.3 Å². The van der Waals surface area contributed by atoms with E-state index in [0.29, 0.717) is 28.2 Å². The molecule has 0 atom stereocenters. The highest BCUT2D eigenvalue weighted by Gasteiger charge is 2.11. The average molecular weight is 333 g/mol. The van der Waals surface area contributed by atoms with Crippen molar-refractivity contribution in [1.29, 1.82) is 5.26 Å². The fraction of sp³-hybridized carbons (Fsp3) is 0.231. The minimum Gasteiger partial charge on any atom is -0.390 e. The van der Waals surface area contributed by atoms with Crippen LogP contribution in [-0.2, 0) is 4.79 Å². The average Bonchev–Trinajstić information content (AvgIpc) is 2.42. The summed E-state index contributed by atoms with van der Waals surface area (Å²) in [5.74, 6) is -0.0370. The van der Waals surface area contributed by atoms with E-state index in [1.807, 2.05) is 6.07 Å². The second-order valence-corrected chi connectivity index (χ2v) is 4.97. The van der Waals surface area contributed by atoms with Gasteiger partial charge in [0.15, 0.2) is 0 Å². The Morgan fingerprint density at radius 3 is 2.75 bits per heavy atom. The van der Waals surface area contributed by atoms with Gasteiger partial charge in [-0.15, -0.1) is 11.6 Å². The van der Waals surface area contributed by atoms with E-state index in [0.717, 1.165) is 6.42 Å². The Hall–Kier alpha value is -1.41. The van der Waals surface area contributed by atoms with Crippen LogP contribution in [0.25, 0.3) is 0 Å². The highest BCUT2D eigenvalue weighted by molar-refractivity contribution is 6.36. The van der Waals surface area contributed by atoms with E-state index in [-0.39, 0.29) is 5.57 Å². The molecule has 7 heteroatoms. The van der Waals surface area contributed by atoms with Crippen molar-refractivity contribution in [2.24, 2.45) is 0 Å². The molecule has 1 amide bonds. The zero-order chi connectivity index (χ0) is 15.0. The molecule has 0 unspecified atom stereocenters. The first kappa shape index (κ1) is 16.6. The molecule has 4 nitrogen and oxygen atoms in total. The lowest BCUT2D eigenvalue weighted by atomic mass is 10.2.